The zero-order chi connectivity index (χ0) is 22.6. The van der Waals surface area contributed by atoms with E-state index in [9.17, 15) is 4.79 Å². The third-order valence-electron chi connectivity index (χ3n) is 5.25. The van der Waals surface area contributed by atoms with Crippen molar-refractivity contribution >= 4 is 29.0 Å². The van der Waals surface area contributed by atoms with E-state index in [2.05, 4.69) is 32.2 Å². The van der Waals surface area contributed by atoms with E-state index in [0.29, 0.717) is 17.5 Å². The van der Waals surface area contributed by atoms with E-state index >= 15 is 0 Å². The average molecular weight is 479 g/mol. The number of carbonyl (C=O) groups is 1. The van der Waals surface area contributed by atoms with Gasteiger partial charge in [0.05, 0.1) is 23.2 Å². The summed E-state index contributed by atoms with van der Waals surface area (Å²) in [4.78, 5) is 13.7. The second kappa shape index (κ2) is 9.68. The molecule has 33 heavy (non-hydrogen) atoms. The molecule has 1 unspecified atom stereocenters. The van der Waals surface area contributed by atoms with Gasteiger partial charge in [0, 0.05) is 0 Å². The number of nitrogens with zero attached hydrogens (tertiary/aromatic N) is 3. The summed E-state index contributed by atoms with van der Waals surface area (Å²) in [5, 5.41) is 14.6. The van der Waals surface area contributed by atoms with Gasteiger partial charge in [0.25, 0.3) is 0 Å². The van der Waals surface area contributed by atoms with Crippen LogP contribution in [-0.4, -0.2) is 33.2 Å². The van der Waals surface area contributed by atoms with E-state index in [1.54, 1.807) is 11.3 Å². The first kappa shape index (κ1) is 21.5. The van der Waals surface area contributed by atoms with Crippen molar-refractivity contribution in [2.75, 3.05) is 12.5 Å². The summed E-state index contributed by atoms with van der Waals surface area (Å²) >= 11 is 3.01. The van der Waals surface area contributed by atoms with Crippen molar-refractivity contribution in [3.8, 4) is 22.2 Å². The average Bonchev–Trinajstić information content (AvgIpc) is 3.59. The van der Waals surface area contributed by atoms with Gasteiger partial charge < -0.3 is 14.8 Å². The summed E-state index contributed by atoms with van der Waals surface area (Å²) in [6.45, 7) is 2.82. The van der Waals surface area contributed by atoms with E-state index < -0.39 is 0 Å². The molecular formula is C24H22N4O3S2. The number of hydrogen-bond donors (Lipinski definition) is 1. The summed E-state index contributed by atoms with van der Waals surface area (Å²) in [5.74, 6) is 2.42. The van der Waals surface area contributed by atoms with Crippen molar-refractivity contribution < 1.29 is 14.3 Å². The van der Waals surface area contributed by atoms with Crippen LogP contribution in [0.15, 0.2) is 71.2 Å². The first-order valence-corrected chi connectivity index (χ1v) is 12.4. The zero-order valence-electron chi connectivity index (χ0n) is 17.9. The Balaban J connectivity index is 1.27. The van der Waals surface area contributed by atoms with Crippen LogP contribution in [0.3, 0.4) is 0 Å². The lowest BCUT2D eigenvalue weighted by atomic mass is 10.1. The number of aromatic nitrogens is 3. The van der Waals surface area contributed by atoms with Crippen molar-refractivity contribution in [2.24, 2.45) is 0 Å². The molecule has 168 valence electrons. The van der Waals surface area contributed by atoms with Crippen LogP contribution in [0, 0.1) is 0 Å². The molecule has 1 atom stereocenters. The molecule has 0 radical (unpaired) electrons. The van der Waals surface area contributed by atoms with Crippen molar-refractivity contribution in [1.82, 2.24) is 20.1 Å². The normalized spacial score (nSPS) is 13.1. The topological polar surface area (TPSA) is 78.3 Å². The van der Waals surface area contributed by atoms with Crippen molar-refractivity contribution in [3.63, 3.8) is 0 Å². The molecule has 1 amide bonds. The number of thioether (sulfide) groups is 1. The van der Waals surface area contributed by atoms with E-state index in [1.807, 2.05) is 60.8 Å². The number of thiophene rings is 1. The quantitative estimate of drug-likeness (QED) is 0.368. The minimum Gasteiger partial charge on any atom is -0.454 e. The molecule has 1 aliphatic rings. The predicted molar refractivity (Wildman–Crippen MR) is 129 cm³/mol. The Morgan fingerprint density at radius 2 is 1.97 bits per heavy atom. The number of rotatable bonds is 8. The maximum Gasteiger partial charge on any atom is 0.231 e. The van der Waals surface area contributed by atoms with Gasteiger partial charge in [0.2, 0.25) is 12.7 Å². The highest BCUT2D eigenvalue weighted by molar-refractivity contribution is 7.99. The number of carbonyl (C=O) groups excluding carboxylic acids is 1. The Bertz CT molecular complexity index is 1240. The highest BCUT2D eigenvalue weighted by Gasteiger charge is 2.19. The van der Waals surface area contributed by atoms with Crippen LogP contribution in [0.4, 0.5) is 0 Å². The highest BCUT2D eigenvalue weighted by Crippen LogP contribution is 2.34. The van der Waals surface area contributed by atoms with Crippen LogP contribution in [0.2, 0.25) is 0 Å². The van der Waals surface area contributed by atoms with Crippen LogP contribution in [0.5, 0.6) is 11.5 Å². The second-order valence-electron chi connectivity index (χ2n) is 7.55. The Labute approximate surface area is 199 Å². The molecule has 0 saturated heterocycles. The SMILES string of the molecule is CC(NC(=O)CSc1nnc(-c2cccs2)n1Cc1ccccc1)c1ccc2c(c1)OCO2. The molecule has 0 saturated carbocycles. The second-order valence-corrected chi connectivity index (χ2v) is 9.44. The van der Waals surface area contributed by atoms with Gasteiger partial charge in [-0.1, -0.05) is 54.2 Å². The molecule has 1 N–H and O–H groups in total. The molecule has 0 fully saturated rings. The number of amides is 1. The lowest BCUT2D eigenvalue weighted by Gasteiger charge is -2.15. The number of nitrogens with one attached hydrogen (secondary N) is 1. The molecule has 7 nitrogen and oxygen atoms in total. The third-order valence-corrected chi connectivity index (χ3v) is 7.08. The molecule has 4 aromatic rings. The maximum absolute atomic E-state index is 12.7. The monoisotopic (exact) mass is 478 g/mol. The maximum atomic E-state index is 12.7. The number of hydrogen-bond acceptors (Lipinski definition) is 7. The van der Waals surface area contributed by atoms with Crippen molar-refractivity contribution in [1.29, 1.82) is 0 Å². The Hall–Kier alpha value is -3.30. The molecular weight excluding hydrogens is 456 g/mol. The van der Waals surface area contributed by atoms with Crippen LogP contribution < -0.4 is 14.8 Å². The number of ether oxygens (including phenoxy) is 2. The fourth-order valence-corrected chi connectivity index (χ4v) is 5.04. The first-order chi connectivity index (χ1) is 16.2. The molecule has 0 bridgehead atoms. The van der Waals surface area contributed by atoms with Gasteiger partial charge in [-0.05, 0) is 41.6 Å². The molecule has 9 heteroatoms. The summed E-state index contributed by atoms with van der Waals surface area (Å²) in [6, 6.07) is 19.8. The van der Waals surface area contributed by atoms with Crippen LogP contribution in [0.1, 0.15) is 24.1 Å². The van der Waals surface area contributed by atoms with E-state index in [4.69, 9.17) is 9.47 Å². The van der Waals surface area contributed by atoms with Gasteiger partial charge in [0.1, 0.15) is 0 Å². The molecule has 2 aromatic carbocycles. The molecule has 2 aromatic heterocycles. The fourth-order valence-electron chi connectivity index (χ4n) is 3.57. The minimum absolute atomic E-state index is 0.0721. The van der Waals surface area contributed by atoms with Gasteiger partial charge in [-0.15, -0.1) is 21.5 Å². The summed E-state index contributed by atoms with van der Waals surface area (Å²) < 4.78 is 12.9. The third kappa shape index (κ3) is 4.89. The zero-order valence-corrected chi connectivity index (χ0v) is 19.6. The Kier molecular flexibility index (Phi) is 6.32. The fraction of sp³-hybridized carbons (Fsp3) is 0.208. The predicted octanol–water partition coefficient (Wildman–Crippen LogP) is 4.75. The number of benzene rings is 2. The molecule has 5 rings (SSSR count). The largest absolute Gasteiger partial charge is 0.454 e. The molecule has 0 spiro atoms. The van der Waals surface area contributed by atoms with Crippen LogP contribution >= 0.6 is 23.1 Å². The number of fused-ring (bicyclic) bond motifs is 1. The summed E-state index contributed by atoms with van der Waals surface area (Å²) in [5.41, 5.74) is 2.11. The highest BCUT2D eigenvalue weighted by atomic mass is 32.2. The van der Waals surface area contributed by atoms with E-state index in [-0.39, 0.29) is 24.5 Å². The molecule has 0 aliphatic carbocycles. The van der Waals surface area contributed by atoms with Crippen molar-refractivity contribution in [2.45, 2.75) is 24.7 Å². The van der Waals surface area contributed by atoms with Crippen molar-refractivity contribution in [3.05, 3.63) is 77.2 Å². The molecule has 1 aliphatic heterocycles. The van der Waals surface area contributed by atoms with Gasteiger partial charge in [-0.3, -0.25) is 9.36 Å². The summed E-state index contributed by atoms with van der Waals surface area (Å²) in [6.07, 6.45) is 0. The minimum atomic E-state index is -0.156. The van der Waals surface area contributed by atoms with Crippen LogP contribution in [0.25, 0.3) is 10.7 Å². The van der Waals surface area contributed by atoms with Gasteiger partial charge in [-0.2, -0.15) is 0 Å². The van der Waals surface area contributed by atoms with Gasteiger partial charge in [-0.25, -0.2) is 0 Å². The smallest absolute Gasteiger partial charge is 0.231 e. The summed E-state index contributed by atoms with van der Waals surface area (Å²) in [7, 11) is 0. The van der Waals surface area contributed by atoms with Gasteiger partial charge >= 0.3 is 0 Å². The van der Waals surface area contributed by atoms with Gasteiger partial charge in [0.15, 0.2) is 22.5 Å². The van der Waals surface area contributed by atoms with Crippen LogP contribution in [-0.2, 0) is 11.3 Å². The first-order valence-electron chi connectivity index (χ1n) is 10.5. The lowest BCUT2D eigenvalue weighted by Crippen LogP contribution is -2.28. The van der Waals surface area contributed by atoms with E-state index in [0.717, 1.165) is 27.6 Å². The van der Waals surface area contributed by atoms with E-state index in [1.165, 1.54) is 11.8 Å². The standard InChI is InChI=1S/C24H22N4O3S2/c1-16(18-9-10-19-20(12-18)31-15-30-19)25-22(29)14-33-24-27-26-23(21-8-5-11-32-21)28(24)13-17-6-3-2-4-7-17/h2-12,16H,13-15H2,1H3,(H,25,29). The molecule has 3 heterocycles. The Morgan fingerprint density at radius 1 is 1.12 bits per heavy atom. The lowest BCUT2D eigenvalue weighted by molar-refractivity contribution is -0.119. The Morgan fingerprint density at radius 3 is 2.79 bits per heavy atom.